The Morgan fingerprint density at radius 1 is 1.09 bits per heavy atom. The van der Waals surface area contributed by atoms with Gasteiger partial charge in [0, 0.05) is 29.1 Å². The van der Waals surface area contributed by atoms with Gasteiger partial charge in [-0.3, -0.25) is 9.78 Å². The van der Waals surface area contributed by atoms with Crippen LogP contribution >= 0.6 is 11.8 Å². The summed E-state index contributed by atoms with van der Waals surface area (Å²) in [6.45, 7) is 6.95. The third-order valence-electron chi connectivity index (χ3n) is 3.66. The normalized spacial score (nSPS) is 13.6. The molecule has 0 fully saturated rings. The fourth-order valence-electron chi connectivity index (χ4n) is 2.54. The molecule has 0 saturated carbocycles. The zero-order valence-corrected chi connectivity index (χ0v) is 14.7. The number of carbonyl (C=O) groups is 1. The molecular formula is C19H24N2OS. The monoisotopic (exact) mass is 328 g/mol. The smallest absolute Gasteiger partial charge is 0.227 e. The molecule has 0 aliphatic rings. The second kappa shape index (κ2) is 8.73. The van der Waals surface area contributed by atoms with Gasteiger partial charge in [0.05, 0.1) is 5.92 Å². The van der Waals surface area contributed by atoms with Gasteiger partial charge in [-0.15, -0.1) is 11.8 Å². The molecule has 1 N–H and O–H groups in total. The molecule has 0 bridgehead atoms. The van der Waals surface area contributed by atoms with Crippen LogP contribution < -0.4 is 5.32 Å². The Kier molecular flexibility index (Phi) is 6.66. The summed E-state index contributed by atoms with van der Waals surface area (Å²) < 4.78 is 0. The molecule has 1 aromatic carbocycles. The molecule has 122 valence electrons. The summed E-state index contributed by atoms with van der Waals surface area (Å²) in [5, 5.41) is 3.43. The van der Waals surface area contributed by atoms with Crippen LogP contribution in [-0.4, -0.2) is 22.7 Å². The zero-order valence-electron chi connectivity index (χ0n) is 13.9. The molecule has 3 nitrogen and oxygen atoms in total. The number of rotatable bonds is 7. The van der Waals surface area contributed by atoms with Crippen LogP contribution in [0.5, 0.6) is 0 Å². The van der Waals surface area contributed by atoms with Crippen molar-refractivity contribution in [2.45, 2.75) is 36.8 Å². The number of pyridine rings is 1. The Labute approximate surface area is 142 Å². The summed E-state index contributed by atoms with van der Waals surface area (Å²) in [5.74, 6) is 0.202. The second-order valence-electron chi connectivity index (χ2n) is 5.99. The highest BCUT2D eigenvalue weighted by Crippen LogP contribution is 2.25. The SMILES string of the molecule is CC(C)[C@H](C(=O)NC[C@@H](C)Sc1ccccc1)c1ccncc1. The lowest BCUT2D eigenvalue weighted by Gasteiger charge is -2.22. The summed E-state index contributed by atoms with van der Waals surface area (Å²) in [6, 6.07) is 14.1. The molecule has 2 aromatic rings. The molecular weight excluding hydrogens is 304 g/mol. The van der Waals surface area contributed by atoms with Gasteiger partial charge < -0.3 is 5.32 Å². The average molecular weight is 328 g/mol. The van der Waals surface area contributed by atoms with Crippen molar-refractivity contribution in [2.24, 2.45) is 5.92 Å². The molecule has 0 spiro atoms. The Hall–Kier alpha value is -1.81. The number of hydrogen-bond donors (Lipinski definition) is 1. The van der Waals surface area contributed by atoms with Crippen molar-refractivity contribution in [1.82, 2.24) is 10.3 Å². The van der Waals surface area contributed by atoms with Gasteiger partial charge in [-0.25, -0.2) is 0 Å². The van der Waals surface area contributed by atoms with Crippen molar-refractivity contribution in [3.8, 4) is 0 Å². The van der Waals surface area contributed by atoms with Crippen LogP contribution in [0.3, 0.4) is 0 Å². The maximum absolute atomic E-state index is 12.6. The molecule has 2 atom stereocenters. The van der Waals surface area contributed by atoms with E-state index in [2.05, 4.69) is 43.2 Å². The molecule has 1 aromatic heterocycles. The number of nitrogens with one attached hydrogen (secondary N) is 1. The Morgan fingerprint density at radius 3 is 2.35 bits per heavy atom. The van der Waals surface area contributed by atoms with Crippen molar-refractivity contribution in [3.05, 3.63) is 60.4 Å². The fourth-order valence-corrected chi connectivity index (χ4v) is 3.48. The molecule has 0 saturated heterocycles. The standard InChI is InChI=1S/C19H24N2OS/c1-14(2)18(16-9-11-20-12-10-16)19(22)21-13-15(3)23-17-7-5-4-6-8-17/h4-12,14-15,18H,13H2,1-3H3,(H,21,22)/t15-,18+/m1/s1. The van der Waals surface area contributed by atoms with E-state index in [0.717, 1.165) is 5.56 Å². The van der Waals surface area contributed by atoms with Crippen molar-refractivity contribution >= 4 is 17.7 Å². The fraction of sp³-hybridized carbons (Fsp3) is 0.368. The van der Waals surface area contributed by atoms with Crippen LogP contribution in [0.2, 0.25) is 0 Å². The summed E-state index contributed by atoms with van der Waals surface area (Å²) in [7, 11) is 0. The number of benzene rings is 1. The maximum Gasteiger partial charge on any atom is 0.227 e. The lowest BCUT2D eigenvalue weighted by Crippen LogP contribution is -2.35. The molecule has 1 amide bonds. The largest absolute Gasteiger partial charge is 0.354 e. The van der Waals surface area contributed by atoms with E-state index < -0.39 is 0 Å². The van der Waals surface area contributed by atoms with Crippen LogP contribution in [0.1, 0.15) is 32.3 Å². The molecule has 0 unspecified atom stereocenters. The number of aromatic nitrogens is 1. The van der Waals surface area contributed by atoms with Gasteiger partial charge in [-0.1, -0.05) is 39.0 Å². The van der Waals surface area contributed by atoms with Gasteiger partial charge >= 0.3 is 0 Å². The number of thioether (sulfide) groups is 1. The number of amides is 1. The third kappa shape index (κ3) is 5.39. The second-order valence-corrected chi connectivity index (χ2v) is 7.50. The highest BCUT2D eigenvalue weighted by Gasteiger charge is 2.24. The zero-order chi connectivity index (χ0) is 16.7. The quantitative estimate of drug-likeness (QED) is 0.778. The molecule has 0 radical (unpaired) electrons. The molecule has 23 heavy (non-hydrogen) atoms. The van der Waals surface area contributed by atoms with Crippen molar-refractivity contribution < 1.29 is 4.79 Å². The van der Waals surface area contributed by atoms with Crippen LogP contribution in [-0.2, 0) is 4.79 Å². The van der Waals surface area contributed by atoms with E-state index in [9.17, 15) is 4.79 Å². The molecule has 0 aliphatic carbocycles. The lowest BCUT2D eigenvalue weighted by molar-refractivity contribution is -0.123. The predicted molar refractivity (Wildman–Crippen MR) is 96.6 cm³/mol. The first-order chi connectivity index (χ1) is 11.1. The lowest BCUT2D eigenvalue weighted by atomic mass is 9.88. The Morgan fingerprint density at radius 2 is 1.74 bits per heavy atom. The van der Waals surface area contributed by atoms with Crippen LogP contribution in [0.15, 0.2) is 59.8 Å². The number of hydrogen-bond acceptors (Lipinski definition) is 3. The van der Waals surface area contributed by atoms with E-state index >= 15 is 0 Å². The van der Waals surface area contributed by atoms with Crippen LogP contribution in [0.4, 0.5) is 0 Å². The molecule has 2 rings (SSSR count). The summed E-state index contributed by atoms with van der Waals surface area (Å²) in [5.41, 5.74) is 1.02. The summed E-state index contributed by atoms with van der Waals surface area (Å²) in [4.78, 5) is 17.9. The van der Waals surface area contributed by atoms with Crippen LogP contribution in [0, 0.1) is 5.92 Å². The van der Waals surface area contributed by atoms with E-state index in [1.54, 1.807) is 24.2 Å². The number of carbonyl (C=O) groups excluding carboxylic acids is 1. The van der Waals surface area contributed by atoms with Crippen molar-refractivity contribution in [3.63, 3.8) is 0 Å². The Balaban J connectivity index is 1.92. The first-order valence-electron chi connectivity index (χ1n) is 7.97. The average Bonchev–Trinajstić information content (AvgIpc) is 2.55. The van der Waals surface area contributed by atoms with E-state index in [0.29, 0.717) is 11.8 Å². The molecule has 4 heteroatoms. The van der Waals surface area contributed by atoms with Crippen molar-refractivity contribution in [2.75, 3.05) is 6.54 Å². The molecule has 1 heterocycles. The van der Waals surface area contributed by atoms with E-state index in [-0.39, 0.29) is 17.7 Å². The van der Waals surface area contributed by atoms with Gasteiger partial charge in [-0.2, -0.15) is 0 Å². The Bertz CT molecular complexity index is 601. The minimum atomic E-state index is -0.132. The summed E-state index contributed by atoms with van der Waals surface area (Å²) >= 11 is 1.78. The minimum Gasteiger partial charge on any atom is -0.354 e. The van der Waals surface area contributed by atoms with E-state index in [1.807, 2.05) is 30.3 Å². The summed E-state index contributed by atoms with van der Waals surface area (Å²) in [6.07, 6.45) is 3.48. The van der Waals surface area contributed by atoms with Gasteiger partial charge in [0.2, 0.25) is 5.91 Å². The molecule has 0 aliphatic heterocycles. The maximum atomic E-state index is 12.6. The number of nitrogens with zero attached hydrogens (tertiary/aromatic N) is 1. The first kappa shape index (κ1) is 17.5. The van der Waals surface area contributed by atoms with Crippen molar-refractivity contribution in [1.29, 1.82) is 0 Å². The third-order valence-corrected chi connectivity index (χ3v) is 4.77. The van der Waals surface area contributed by atoms with E-state index in [1.165, 1.54) is 4.90 Å². The first-order valence-corrected chi connectivity index (χ1v) is 8.85. The highest BCUT2D eigenvalue weighted by molar-refractivity contribution is 8.00. The topological polar surface area (TPSA) is 42.0 Å². The van der Waals surface area contributed by atoms with Gasteiger partial charge in [0.1, 0.15) is 0 Å². The highest BCUT2D eigenvalue weighted by atomic mass is 32.2. The van der Waals surface area contributed by atoms with Gasteiger partial charge in [0.15, 0.2) is 0 Å². The minimum absolute atomic E-state index is 0.0895. The van der Waals surface area contributed by atoms with Crippen LogP contribution in [0.25, 0.3) is 0 Å². The van der Waals surface area contributed by atoms with Gasteiger partial charge in [0.25, 0.3) is 0 Å². The predicted octanol–water partition coefficient (Wildman–Crippen LogP) is 4.12. The van der Waals surface area contributed by atoms with Gasteiger partial charge in [-0.05, 0) is 35.7 Å². The van der Waals surface area contributed by atoms with E-state index in [4.69, 9.17) is 0 Å².